The summed E-state index contributed by atoms with van der Waals surface area (Å²) in [5.74, 6) is -5.15. The van der Waals surface area contributed by atoms with E-state index >= 15 is 0 Å². The highest BCUT2D eigenvalue weighted by atomic mass is 19.4. The van der Waals surface area contributed by atoms with Gasteiger partial charge in [-0.25, -0.2) is 0 Å². The van der Waals surface area contributed by atoms with Crippen LogP contribution in [0.15, 0.2) is 4.99 Å². The van der Waals surface area contributed by atoms with Crippen molar-refractivity contribution >= 4 is 11.8 Å². The SMILES string of the molecule is O=C(O)CN=C1NC(C(F)(F)F)(C(F)(F)F)NC1(C(F)(F)F)C(F)(F)F. The van der Waals surface area contributed by atoms with Gasteiger partial charge in [0, 0.05) is 0 Å². The lowest BCUT2D eigenvalue weighted by Crippen LogP contribution is -2.75. The van der Waals surface area contributed by atoms with Gasteiger partial charge in [0.1, 0.15) is 12.4 Å². The summed E-state index contributed by atoms with van der Waals surface area (Å²) in [6, 6.07) is 0. The summed E-state index contributed by atoms with van der Waals surface area (Å²) in [5, 5.41) is 7.78. The second kappa shape index (κ2) is 5.78. The maximum atomic E-state index is 13.0. The monoisotopic (exact) mass is 415 g/mol. The number of carboxylic acids is 1. The largest absolute Gasteiger partial charge is 0.480 e. The first-order chi connectivity index (χ1) is 11.2. The van der Waals surface area contributed by atoms with Crippen LogP contribution in [0.5, 0.6) is 0 Å². The minimum absolute atomic E-state index is 0.0293. The third-order valence-electron chi connectivity index (χ3n) is 3.11. The molecule has 26 heavy (non-hydrogen) atoms. The second-order valence-electron chi connectivity index (χ2n) is 4.80. The van der Waals surface area contributed by atoms with E-state index in [1.807, 2.05) is 0 Å². The molecule has 1 fully saturated rings. The predicted octanol–water partition coefficient (Wildman–Crippen LogP) is 2.35. The summed E-state index contributed by atoms with van der Waals surface area (Å²) in [4.78, 5) is 12.4. The molecule has 1 saturated heterocycles. The number of nitrogens with one attached hydrogen (secondary N) is 2. The second-order valence-corrected chi connectivity index (χ2v) is 4.80. The quantitative estimate of drug-likeness (QED) is 0.606. The van der Waals surface area contributed by atoms with E-state index in [0.717, 1.165) is 0 Å². The van der Waals surface area contributed by atoms with Gasteiger partial charge in [0.25, 0.3) is 11.2 Å². The van der Waals surface area contributed by atoms with E-state index in [-0.39, 0.29) is 5.32 Å². The topological polar surface area (TPSA) is 73.7 Å². The lowest BCUT2D eigenvalue weighted by atomic mass is 9.97. The summed E-state index contributed by atoms with van der Waals surface area (Å²) in [5.41, 5.74) is -11.8. The highest BCUT2D eigenvalue weighted by Crippen LogP contribution is 2.53. The smallest absolute Gasteiger partial charge is 0.434 e. The van der Waals surface area contributed by atoms with Crippen LogP contribution < -0.4 is 10.6 Å². The zero-order valence-corrected chi connectivity index (χ0v) is 11.5. The molecule has 1 aliphatic heterocycles. The number of nitrogens with zero attached hydrogens (tertiary/aromatic N) is 1. The molecule has 0 bridgehead atoms. The highest BCUT2D eigenvalue weighted by molar-refractivity contribution is 5.97. The predicted molar refractivity (Wildman–Crippen MR) is 55.9 cm³/mol. The van der Waals surface area contributed by atoms with Gasteiger partial charge < -0.3 is 10.4 Å². The van der Waals surface area contributed by atoms with E-state index < -0.39 is 59.6 Å². The van der Waals surface area contributed by atoms with Crippen molar-refractivity contribution in [1.82, 2.24) is 10.6 Å². The van der Waals surface area contributed by atoms with Gasteiger partial charge in [0.05, 0.1) is 0 Å². The molecule has 0 amide bonds. The van der Waals surface area contributed by atoms with E-state index in [9.17, 15) is 57.5 Å². The standard InChI is InChI=1S/C9H5F12N3O2/c10-6(11,12)4(7(13,14)15)3(22-1-2(25)26)23-5(24-4,8(16,17)18)9(19,20)21/h24H,1H2,(H,22,23)(H,25,26). The van der Waals surface area contributed by atoms with Gasteiger partial charge in [-0.3, -0.25) is 15.1 Å². The zero-order chi connectivity index (χ0) is 21.0. The lowest BCUT2D eigenvalue weighted by Gasteiger charge is -2.37. The molecule has 5 nitrogen and oxygen atoms in total. The first-order valence-corrected chi connectivity index (χ1v) is 5.84. The number of aliphatic carboxylic acids is 1. The maximum absolute atomic E-state index is 13.0. The Morgan fingerprint density at radius 2 is 1.23 bits per heavy atom. The highest BCUT2D eigenvalue weighted by Gasteiger charge is 2.87. The van der Waals surface area contributed by atoms with Crippen molar-refractivity contribution in [2.75, 3.05) is 6.54 Å². The third kappa shape index (κ3) is 3.11. The van der Waals surface area contributed by atoms with Crippen LogP contribution in [0, 0.1) is 0 Å². The molecule has 0 saturated carbocycles. The average molecular weight is 415 g/mol. The molecule has 1 rings (SSSR count). The van der Waals surface area contributed by atoms with Gasteiger partial charge >= 0.3 is 30.7 Å². The summed E-state index contributed by atoms with van der Waals surface area (Å²) < 4.78 is 155. The number of carbonyl (C=O) groups is 1. The third-order valence-corrected chi connectivity index (χ3v) is 3.11. The Bertz CT molecular complexity index is 571. The number of aliphatic imine (C=N–C) groups is 1. The summed E-state index contributed by atoms with van der Waals surface area (Å²) >= 11 is 0. The van der Waals surface area contributed by atoms with Crippen LogP contribution in [0.1, 0.15) is 0 Å². The molecule has 0 aromatic heterocycles. The molecule has 1 heterocycles. The molecule has 0 radical (unpaired) electrons. The van der Waals surface area contributed by atoms with Crippen LogP contribution in [0.2, 0.25) is 0 Å². The Hall–Kier alpha value is -1.94. The van der Waals surface area contributed by atoms with Crippen molar-refractivity contribution in [2.45, 2.75) is 35.9 Å². The summed E-state index contributed by atoms with van der Waals surface area (Å²) in [7, 11) is 0. The molecule has 0 aromatic rings. The van der Waals surface area contributed by atoms with Crippen LogP contribution in [0.4, 0.5) is 52.7 Å². The molecular formula is C9H5F12N3O2. The Morgan fingerprint density at radius 3 is 1.50 bits per heavy atom. The number of amidine groups is 1. The zero-order valence-electron chi connectivity index (χ0n) is 11.5. The molecule has 0 atom stereocenters. The van der Waals surface area contributed by atoms with Crippen LogP contribution >= 0.6 is 0 Å². The molecule has 0 unspecified atom stereocenters. The minimum Gasteiger partial charge on any atom is -0.480 e. The van der Waals surface area contributed by atoms with E-state index in [4.69, 9.17) is 5.11 Å². The fourth-order valence-electron chi connectivity index (χ4n) is 1.96. The first kappa shape index (κ1) is 22.1. The van der Waals surface area contributed by atoms with Crippen LogP contribution in [0.25, 0.3) is 0 Å². The lowest BCUT2D eigenvalue weighted by molar-refractivity contribution is -0.334. The molecule has 3 N–H and O–H groups in total. The molecule has 0 aliphatic carbocycles. The fraction of sp³-hybridized carbons (Fsp3) is 0.778. The molecule has 17 heteroatoms. The van der Waals surface area contributed by atoms with Gasteiger partial charge in [0.15, 0.2) is 0 Å². The molecule has 1 aliphatic rings. The summed E-state index contributed by atoms with van der Waals surface area (Å²) in [6.45, 7) is -1.97. The Labute approximate surface area is 134 Å². The average Bonchev–Trinajstić information content (AvgIpc) is 2.71. The molecule has 152 valence electrons. The Kier molecular flexibility index (Phi) is 4.91. The van der Waals surface area contributed by atoms with Gasteiger partial charge in [-0.1, -0.05) is 0 Å². The Balaban J connectivity index is 3.87. The number of hydrogen-bond donors (Lipinski definition) is 3. The maximum Gasteiger partial charge on any atom is 0.434 e. The van der Waals surface area contributed by atoms with E-state index in [1.54, 1.807) is 0 Å². The number of alkyl halides is 12. The van der Waals surface area contributed by atoms with Crippen molar-refractivity contribution in [3.05, 3.63) is 0 Å². The van der Waals surface area contributed by atoms with Gasteiger partial charge in [-0.15, -0.1) is 0 Å². The number of carboxylic acid groups (broad SMARTS) is 1. The van der Waals surface area contributed by atoms with Crippen LogP contribution in [-0.2, 0) is 4.79 Å². The van der Waals surface area contributed by atoms with Crippen molar-refractivity contribution in [3.63, 3.8) is 0 Å². The van der Waals surface area contributed by atoms with E-state index in [1.165, 1.54) is 0 Å². The van der Waals surface area contributed by atoms with Crippen molar-refractivity contribution < 1.29 is 62.6 Å². The number of rotatable bonds is 2. The van der Waals surface area contributed by atoms with E-state index in [2.05, 4.69) is 4.99 Å². The van der Waals surface area contributed by atoms with E-state index in [0.29, 0.717) is 0 Å². The van der Waals surface area contributed by atoms with Crippen molar-refractivity contribution in [2.24, 2.45) is 4.99 Å². The minimum atomic E-state index is -6.81. The van der Waals surface area contributed by atoms with Crippen molar-refractivity contribution in [3.8, 4) is 0 Å². The van der Waals surface area contributed by atoms with Gasteiger partial charge in [0.2, 0.25) is 0 Å². The fourth-order valence-corrected chi connectivity index (χ4v) is 1.96. The molecule has 0 spiro atoms. The van der Waals surface area contributed by atoms with Gasteiger partial charge in [-0.05, 0) is 0 Å². The van der Waals surface area contributed by atoms with Crippen LogP contribution in [0.3, 0.4) is 0 Å². The normalized spacial score (nSPS) is 22.4. The van der Waals surface area contributed by atoms with Gasteiger partial charge in [-0.2, -0.15) is 52.7 Å². The first-order valence-electron chi connectivity index (χ1n) is 5.84. The van der Waals surface area contributed by atoms with Crippen LogP contribution in [-0.4, -0.2) is 59.4 Å². The van der Waals surface area contributed by atoms with Crippen molar-refractivity contribution in [1.29, 1.82) is 0 Å². The Morgan fingerprint density at radius 1 is 0.846 bits per heavy atom. The number of hydrogen-bond acceptors (Lipinski definition) is 3. The molecule has 0 aromatic carbocycles. The summed E-state index contributed by atoms with van der Waals surface area (Å²) in [6.07, 6.45) is -27.1. The molecular weight excluding hydrogens is 410 g/mol. The number of halogens is 12.